The normalized spacial score (nSPS) is 18.2. The Kier molecular flexibility index (Phi) is 2.04. The van der Waals surface area contributed by atoms with Crippen LogP contribution < -0.4 is 4.90 Å². The van der Waals surface area contributed by atoms with Crippen molar-refractivity contribution in [3.05, 3.63) is 35.5 Å². The first-order valence-corrected chi connectivity index (χ1v) is 6.74. The maximum Gasteiger partial charge on any atom is 0.116 e. The van der Waals surface area contributed by atoms with E-state index < -0.39 is 0 Å². The van der Waals surface area contributed by atoms with Crippen molar-refractivity contribution in [2.45, 2.75) is 25.7 Å². The lowest BCUT2D eigenvalue weighted by Gasteiger charge is -2.40. The molecule has 0 unspecified atom stereocenters. The molecule has 3 heteroatoms. The van der Waals surface area contributed by atoms with Crippen molar-refractivity contribution < 1.29 is 0 Å². The lowest BCUT2D eigenvalue weighted by molar-refractivity contribution is 0.466. The summed E-state index contributed by atoms with van der Waals surface area (Å²) in [6, 6.07) is 8.52. The number of aromatic nitrogens is 2. The number of benzene rings is 1. The predicted molar refractivity (Wildman–Crippen MR) is 72.9 cm³/mol. The number of fused-ring (bicyclic) bond motifs is 2. The standard InChI is InChI=1S/C15H17N3/c1-10-4-2-3-5-12(10)14-15-13(16-17-14)11-6-8-18(15)9-7-11/h2-5,11H,6-9H2,1H3,(H,16,17). The molecular weight excluding hydrogens is 222 g/mol. The molecule has 0 aliphatic carbocycles. The summed E-state index contributed by atoms with van der Waals surface area (Å²) >= 11 is 0. The number of hydrogen-bond acceptors (Lipinski definition) is 2. The third-order valence-corrected chi connectivity index (χ3v) is 4.39. The average molecular weight is 239 g/mol. The third kappa shape index (κ3) is 1.27. The number of anilines is 1. The van der Waals surface area contributed by atoms with Crippen molar-refractivity contribution in [2.75, 3.05) is 18.0 Å². The van der Waals surface area contributed by atoms with E-state index >= 15 is 0 Å². The maximum atomic E-state index is 4.60. The Morgan fingerprint density at radius 3 is 2.78 bits per heavy atom. The Morgan fingerprint density at radius 1 is 1.22 bits per heavy atom. The topological polar surface area (TPSA) is 31.9 Å². The van der Waals surface area contributed by atoms with E-state index in [1.807, 2.05) is 0 Å². The molecule has 3 aliphatic rings. The predicted octanol–water partition coefficient (Wildman–Crippen LogP) is 3.08. The van der Waals surface area contributed by atoms with E-state index in [1.165, 1.54) is 48.4 Å². The quantitative estimate of drug-likeness (QED) is 0.829. The zero-order valence-electron chi connectivity index (χ0n) is 10.6. The van der Waals surface area contributed by atoms with Gasteiger partial charge < -0.3 is 4.90 Å². The number of aryl methyl sites for hydroxylation is 1. The van der Waals surface area contributed by atoms with Crippen molar-refractivity contribution >= 4 is 5.69 Å². The van der Waals surface area contributed by atoms with Crippen LogP contribution in [0.15, 0.2) is 24.3 Å². The molecule has 0 saturated carbocycles. The minimum atomic E-state index is 0.704. The van der Waals surface area contributed by atoms with Crippen molar-refractivity contribution in [3.63, 3.8) is 0 Å². The maximum absolute atomic E-state index is 4.60. The highest BCUT2D eigenvalue weighted by molar-refractivity contribution is 5.80. The number of hydrogen-bond donors (Lipinski definition) is 1. The molecule has 0 amide bonds. The molecule has 1 saturated heterocycles. The number of piperidine rings is 1. The number of nitrogens with zero attached hydrogens (tertiary/aromatic N) is 2. The molecule has 92 valence electrons. The highest BCUT2D eigenvalue weighted by Crippen LogP contribution is 2.45. The molecule has 4 heterocycles. The number of H-pyrrole nitrogens is 1. The van der Waals surface area contributed by atoms with Gasteiger partial charge in [0, 0.05) is 24.6 Å². The number of nitrogens with one attached hydrogen (secondary N) is 1. The number of rotatable bonds is 1. The summed E-state index contributed by atoms with van der Waals surface area (Å²) in [6.45, 7) is 4.54. The van der Waals surface area contributed by atoms with Gasteiger partial charge in [0.15, 0.2) is 0 Å². The second-order valence-corrected chi connectivity index (χ2v) is 5.41. The van der Waals surface area contributed by atoms with Gasteiger partial charge in [0.05, 0.1) is 11.4 Å². The Bertz CT molecular complexity index is 592. The van der Waals surface area contributed by atoms with Gasteiger partial charge in [0.25, 0.3) is 0 Å². The zero-order chi connectivity index (χ0) is 12.1. The Labute approximate surface area is 107 Å². The average Bonchev–Trinajstić information content (AvgIpc) is 2.87. The number of aromatic amines is 1. The smallest absolute Gasteiger partial charge is 0.116 e. The molecule has 0 spiro atoms. The summed E-state index contributed by atoms with van der Waals surface area (Å²) in [5, 5.41) is 7.89. The van der Waals surface area contributed by atoms with E-state index in [0.29, 0.717) is 5.92 Å². The second-order valence-electron chi connectivity index (χ2n) is 5.41. The van der Waals surface area contributed by atoms with Crippen LogP contribution in [0.1, 0.15) is 30.0 Å². The molecule has 1 aromatic carbocycles. The highest BCUT2D eigenvalue weighted by atomic mass is 15.2. The van der Waals surface area contributed by atoms with Crippen LogP contribution in [0.5, 0.6) is 0 Å². The molecule has 2 bridgehead atoms. The monoisotopic (exact) mass is 239 g/mol. The van der Waals surface area contributed by atoms with Crippen LogP contribution in [0, 0.1) is 6.92 Å². The fourth-order valence-electron chi connectivity index (χ4n) is 3.37. The zero-order valence-corrected chi connectivity index (χ0v) is 10.6. The van der Waals surface area contributed by atoms with Crippen LogP contribution in [-0.2, 0) is 0 Å². The first kappa shape index (κ1) is 10.2. The molecule has 0 radical (unpaired) electrons. The van der Waals surface area contributed by atoms with Crippen molar-refractivity contribution in [3.8, 4) is 11.3 Å². The van der Waals surface area contributed by atoms with Crippen LogP contribution in [0.3, 0.4) is 0 Å². The SMILES string of the molecule is Cc1ccccc1-c1n[nH]c2c1N1CCC2CC1. The third-order valence-electron chi connectivity index (χ3n) is 4.39. The highest BCUT2D eigenvalue weighted by Gasteiger charge is 2.35. The lowest BCUT2D eigenvalue weighted by Crippen LogP contribution is -2.38. The summed E-state index contributed by atoms with van der Waals surface area (Å²) in [5.41, 5.74) is 6.45. The summed E-state index contributed by atoms with van der Waals surface area (Å²) in [5.74, 6) is 0.704. The van der Waals surface area contributed by atoms with Gasteiger partial charge >= 0.3 is 0 Å². The summed E-state index contributed by atoms with van der Waals surface area (Å²) in [6.07, 6.45) is 2.56. The fraction of sp³-hybridized carbons (Fsp3) is 0.400. The van der Waals surface area contributed by atoms with Gasteiger partial charge in [-0.1, -0.05) is 24.3 Å². The van der Waals surface area contributed by atoms with Gasteiger partial charge in [-0.25, -0.2) is 0 Å². The van der Waals surface area contributed by atoms with Crippen LogP contribution in [0.2, 0.25) is 0 Å². The Balaban J connectivity index is 1.92. The molecule has 18 heavy (non-hydrogen) atoms. The first-order valence-electron chi connectivity index (χ1n) is 6.74. The lowest BCUT2D eigenvalue weighted by atomic mass is 9.86. The van der Waals surface area contributed by atoms with E-state index in [4.69, 9.17) is 0 Å². The molecule has 3 aliphatic heterocycles. The minimum Gasteiger partial charge on any atom is -0.368 e. The second kappa shape index (κ2) is 3.61. The van der Waals surface area contributed by atoms with Crippen molar-refractivity contribution in [1.82, 2.24) is 10.2 Å². The van der Waals surface area contributed by atoms with Crippen molar-refractivity contribution in [2.24, 2.45) is 0 Å². The molecule has 2 aromatic rings. The summed E-state index contributed by atoms with van der Waals surface area (Å²) in [7, 11) is 0. The molecule has 1 N–H and O–H groups in total. The van der Waals surface area contributed by atoms with Gasteiger partial charge in [-0.2, -0.15) is 5.10 Å². The summed E-state index contributed by atoms with van der Waals surface area (Å²) in [4.78, 5) is 2.50. The summed E-state index contributed by atoms with van der Waals surface area (Å²) < 4.78 is 0. The van der Waals surface area contributed by atoms with E-state index in [1.54, 1.807) is 0 Å². The van der Waals surface area contributed by atoms with Crippen LogP contribution >= 0.6 is 0 Å². The van der Waals surface area contributed by atoms with Crippen LogP contribution in [0.25, 0.3) is 11.3 Å². The van der Waals surface area contributed by atoms with Crippen LogP contribution in [0.4, 0.5) is 5.69 Å². The molecule has 3 nitrogen and oxygen atoms in total. The van der Waals surface area contributed by atoms with E-state index in [0.717, 1.165) is 5.69 Å². The van der Waals surface area contributed by atoms with Gasteiger partial charge in [-0.05, 0) is 25.3 Å². The van der Waals surface area contributed by atoms with E-state index in [9.17, 15) is 0 Å². The Hall–Kier alpha value is -1.77. The van der Waals surface area contributed by atoms with Gasteiger partial charge in [0.1, 0.15) is 5.69 Å². The molecule has 0 atom stereocenters. The van der Waals surface area contributed by atoms with E-state index in [2.05, 4.69) is 46.3 Å². The Morgan fingerprint density at radius 2 is 2.00 bits per heavy atom. The van der Waals surface area contributed by atoms with Crippen molar-refractivity contribution in [1.29, 1.82) is 0 Å². The van der Waals surface area contributed by atoms with Gasteiger partial charge in [0.2, 0.25) is 0 Å². The van der Waals surface area contributed by atoms with Gasteiger partial charge in [-0.3, -0.25) is 5.10 Å². The largest absolute Gasteiger partial charge is 0.368 e. The first-order chi connectivity index (χ1) is 8.84. The molecule has 1 aromatic heterocycles. The van der Waals surface area contributed by atoms with E-state index in [-0.39, 0.29) is 0 Å². The van der Waals surface area contributed by atoms with Gasteiger partial charge in [-0.15, -0.1) is 0 Å². The van der Waals surface area contributed by atoms with Crippen LogP contribution in [-0.4, -0.2) is 23.3 Å². The molecular formula is C15H17N3. The molecule has 1 fully saturated rings. The minimum absolute atomic E-state index is 0.704. The fourth-order valence-corrected chi connectivity index (χ4v) is 3.37. The molecule has 5 rings (SSSR count).